The molecule has 0 amide bonds. The lowest BCUT2D eigenvalue weighted by molar-refractivity contribution is -0.129. The molecule has 2 aromatic carbocycles. The Labute approximate surface area is 127 Å². The van der Waals surface area contributed by atoms with Gasteiger partial charge in [-0.1, -0.05) is 60.7 Å². The van der Waals surface area contributed by atoms with E-state index < -0.39 is 0 Å². The Hall–Kier alpha value is -1.64. The highest BCUT2D eigenvalue weighted by Gasteiger charge is 2.44. The maximum atomic E-state index is 2.56. The Balaban J connectivity index is 1.58. The Morgan fingerprint density at radius 2 is 1.43 bits per heavy atom. The van der Waals surface area contributed by atoms with Crippen LogP contribution in [0.15, 0.2) is 60.7 Å². The highest BCUT2D eigenvalue weighted by molar-refractivity contribution is 5.28. The first-order valence-corrected chi connectivity index (χ1v) is 7.95. The summed E-state index contributed by atoms with van der Waals surface area (Å²) in [6.07, 6.45) is 2.59. The smallest absolute Gasteiger partial charge is 0.0384 e. The number of rotatable bonds is 3. The molecule has 5 rings (SSSR count). The lowest BCUT2D eigenvalue weighted by Crippen LogP contribution is -2.62. The zero-order valence-electron chi connectivity index (χ0n) is 12.4. The summed E-state index contributed by atoms with van der Waals surface area (Å²) >= 11 is 0. The van der Waals surface area contributed by atoms with Crippen LogP contribution >= 0.6 is 0 Å². The van der Waals surface area contributed by atoms with E-state index in [1.807, 2.05) is 0 Å². The zero-order chi connectivity index (χ0) is 14.1. The average Bonchev–Trinajstić information content (AvgIpc) is 2.58. The molecular weight excluding hydrogens is 256 g/mol. The van der Waals surface area contributed by atoms with Gasteiger partial charge < -0.3 is 0 Å². The molecule has 0 aromatic heterocycles. The first kappa shape index (κ1) is 13.1. The summed E-state index contributed by atoms with van der Waals surface area (Å²) in [4.78, 5) is 0. The predicted octanol–water partition coefficient (Wildman–Crippen LogP) is 3.45. The molecule has 2 bridgehead atoms. The van der Waals surface area contributed by atoms with E-state index in [2.05, 4.69) is 70.7 Å². The summed E-state index contributed by atoms with van der Waals surface area (Å²) in [7, 11) is 0. The summed E-state index contributed by atoms with van der Waals surface area (Å²) in [5.74, 6) is 0. The third-order valence-corrected chi connectivity index (χ3v) is 5.18. The Morgan fingerprint density at radius 1 is 0.810 bits per heavy atom. The van der Waals surface area contributed by atoms with Gasteiger partial charge in [0.1, 0.15) is 0 Å². The minimum absolute atomic E-state index is 0.366. The van der Waals surface area contributed by atoms with Crippen LogP contribution in [-0.2, 0) is 12.0 Å². The van der Waals surface area contributed by atoms with E-state index in [-0.39, 0.29) is 0 Å². The molecule has 3 heterocycles. The van der Waals surface area contributed by atoms with Crippen LogP contribution in [0.3, 0.4) is 0 Å². The fourth-order valence-corrected chi connectivity index (χ4v) is 3.94. The molecule has 0 saturated carbocycles. The van der Waals surface area contributed by atoms with Gasteiger partial charge >= 0.3 is 0 Å². The summed E-state index contributed by atoms with van der Waals surface area (Å²) in [5, 5.41) is 5.12. The highest BCUT2D eigenvalue weighted by atomic mass is 15.6. The van der Waals surface area contributed by atoms with Crippen LogP contribution in [-0.4, -0.2) is 29.7 Å². The molecule has 2 aromatic rings. The molecule has 3 fully saturated rings. The van der Waals surface area contributed by atoms with Crippen molar-refractivity contribution in [2.24, 2.45) is 0 Å². The Morgan fingerprint density at radius 3 is 2.10 bits per heavy atom. The summed E-state index contributed by atoms with van der Waals surface area (Å²) in [5.41, 5.74) is 3.31. The summed E-state index contributed by atoms with van der Waals surface area (Å²) < 4.78 is 0. The Kier molecular flexibility index (Phi) is 3.28. The van der Waals surface area contributed by atoms with Crippen LogP contribution < -0.4 is 0 Å². The van der Waals surface area contributed by atoms with Gasteiger partial charge in [-0.25, -0.2) is 10.0 Å². The van der Waals surface area contributed by atoms with E-state index in [0.717, 1.165) is 13.1 Å². The molecule has 0 N–H and O–H groups in total. The van der Waals surface area contributed by atoms with Crippen molar-refractivity contribution in [2.75, 3.05) is 19.6 Å². The van der Waals surface area contributed by atoms with Gasteiger partial charge in [0.25, 0.3) is 0 Å². The lowest BCUT2D eigenvalue weighted by Gasteiger charge is -2.55. The number of hydrogen-bond donors (Lipinski definition) is 0. The van der Waals surface area contributed by atoms with E-state index in [4.69, 9.17) is 0 Å². The summed E-state index contributed by atoms with van der Waals surface area (Å²) in [6.45, 7) is 4.59. The number of piperidine rings is 1. The van der Waals surface area contributed by atoms with Crippen molar-refractivity contribution >= 4 is 0 Å². The molecule has 3 aliphatic rings. The first-order valence-electron chi connectivity index (χ1n) is 7.95. The van der Waals surface area contributed by atoms with Crippen molar-refractivity contribution < 1.29 is 0 Å². The molecule has 0 radical (unpaired) electrons. The van der Waals surface area contributed by atoms with Gasteiger partial charge in [0.15, 0.2) is 0 Å². The number of hydrazine groups is 1. The maximum absolute atomic E-state index is 2.56. The molecule has 0 unspecified atom stereocenters. The highest BCUT2D eigenvalue weighted by Crippen LogP contribution is 2.41. The van der Waals surface area contributed by atoms with E-state index in [0.29, 0.717) is 5.41 Å². The van der Waals surface area contributed by atoms with Crippen LogP contribution in [0.2, 0.25) is 0 Å². The largest absolute Gasteiger partial charge is 0.241 e. The second kappa shape index (κ2) is 5.28. The number of nitrogens with zero attached hydrogens (tertiary/aromatic N) is 2. The van der Waals surface area contributed by atoms with Crippen molar-refractivity contribution in [3.8, 4) is 0 Å². The number of benzene rings is 2. The van der Waals surface area contributed by atoms with Crippen LogP contribution in [0, 0.1) is 0 Å². The van der Waals surface area contributed by atoms with Crippen LogP contribution in [0.25, 0.3) is 0 Å². The Bertz CT molecular complexity index is 585. The topological polar surface area (TPSA) is 6.48 Å². The minimum Gasteiger partial charge on any atom is -0.241 e. The van der Waals surface area contributed by atoms with E-state index in [1.165, 1.54) is 37.1 Å². The second-order valence-corrected chi connectivity index (χ2v) is 6.41. The second-order valence-electron chi connectivity index (χ2n) is 6.41. The molecule has 2 nitrogen and oxygen atoms in total. The molecule has 3 aliphatic heterocycles. The van der Waals surface area contributed by atoms with Gasteiger partial charge in [-0.15, -0.1) is 0 Å². The molecule has 0 atom stereocenters. The SMILES string of the molecule is c1ccc(CN2CC3(c4ccccc4)CCN2CC3)cc1. The molecule has 108 valence electrons. The third-order valence-electron chi connectivity index (χ3n) is 5.18. The predicted molar refractivity (Wildman–Crippen MR) is 85.8 cm³/mol. The van der Waals surface area contributed by atoms with Crippen molar-refractivity contribution in [1.29, 1.82) is 0 Å². The molecule has 0 spiro atoms. The molecule has 21 heavy (non-hydrogen) atoms. The van der Waals surface area contributed by atoms with Crippen LogP contribution in [0.4, 0.5) is 0 Å². The maximum Gasteiger partial charge on any atom is 0.0384 e. The van der Waals surface area contributed by atoms with Crippen LogP contribution in [0.1, 0.15) is 24.0 Å². The van der Waals surface area contributed by atoms with Gasteiger partial charge in [0.2, 0.25) is 0 Å². The van der Waals surface area contributed by atoms with Crippen molar-refractivity contribution in [2.45, 2.75) is 24.8 Å². The molecule has 3 saturated heterocycles. The van der Waals surface area contributed by atoms with Gasteiger partial charge in [0.05, 0.1) is 0 Å². The van der Waals surface area contributed by atoms with E-state index in [9.17, 15) is 0 Å². The molecular formula is C19H22N2. The molecule has 0 aliphatic carbocycles. The standard InChI is InChI=1S/C19H22N2/c1-3-7-17(8-4-1)15-21-16-19(11-13-20(21)14-12-19)18-9-5-2-6-10-18/h1-10H,11-16H2. The zero-order valence-corrected chi connectivity index (χ0v) is 12.4. The van der Waals surface area contributed by atoms with E-state index >= 15 is 0 Å². The third kappa shape index (κ3) is 2.39. The first-order chi connectivity index (χ1) is 10.4. The van der Waals surface area contributed by atoms with Gasteiger partial charge in [-0.2, -0.15) is 0 Å². The molecule has 2 heteroatoms. The van der Waals surface area contributed by atoms with Gasteiger partial charge in [-0.3, -0.25) is 0 Å². The fraction of sp³-hybridized carbons (Fsp3) is 0.368. The fourth-order valence-electron chi connectivity index (χ4n) is 3.94. The number of fused-ring (bicyclic) bond motifs is 3. The quantitative estimate of drug-likeness (QED) is 0.848. The summed E-state index contributed by atoms with van der Waals surface area (Å²) in [6, 6.07) is 22.0. The lowest BCUT2D eigenvalue weighted by atomic mass is 9.71. The monoisotopic (exact) mass is 278 g/mol. The van der Waals surface area contributed by atoms with Crippen molar-refractivity contribution in [3.63, 3.8) is 0 Å². The van der Waals surface area contributed by atoms with E-state index in [1.54, 1.807) is 0 Å². The van der Waals surface area contributed by atoms with Crippen molar-refractivity contribution in [3.05, 3.63) is 71.8 Å². The van der Waals surface area contributed by atoms with Crippen LogP contribution in [0.5, 0.6) is 0 Å². The van der Waals surface area contributed by atoms with Crippen molar-refractivity contribution in [1.82, 2.24) is 10.0 Å². The number of hydrogen-bond acceptors (Lipinski definition) is 2. The van der Waals surface area contributed by atoms with Gasteiger partial charge in [0, 0.05) is 31.6 Å². The normalized spacial score (nSPS) is 28.7. The average molecular weight is 278 g/mol. The van der Waals surface area contributed by atoms with Gasteiger partial charge in [-0.05, 0) is 24.0 Å². The minimum atomic E-state index is 0.366.